The molecule has 1 aromatic heterocycles. The Morgan fingerprint density at radius 3 is 2.48 bits per heavy atom. The molecule has 0 saturated heterocycles. The first-order valence-corrected chi connectivity index (χ1v) is 8.83. The van der Waals surface area contributed by atoms with Crippen LogP contribution in [-0.4, -0.2) is 20.4 Å². The van der Waals surface area contributed by atoms with E-state index in [0.717, 1.165) is 6.42 Å². The molecular weight excluding hydrogens is 316 g/mol. The fraction of sp³-hybridized carbons (Fsp3) is 0.312. The Hall–Kier alpha value is -2.12. The summed E-state index contributed by atoms with van der Waals surface area (Å²) in [6, 6.07) is 9.27. The Balaban J connectivity index is 2.04. The van der Waals surface area contributed by atoms with Gasteiger partial charge in [0.1, 0.15) is 5.76 Å². The molecule has 0 saturated carbocycles. The summed E-state index contributed by atoms with van der Waals surface area (Å²) < 4.78 is 31.9. The van der Waals surface area contributed by atoms with Gasteiger partial charge in [-0.3, -0.25) is 4.79 Å². The smallest absolute Gasteiger partial charge is 0.251 e. The highest BCUT2D eigenvalue weighted by atomic mass is 32.2. The lowest BCUT2D eigenvalue weighted by molar-refractivity contribution is 0.0939. The number of amides is 1. The Morgan fingerprint density at radius 2 is 1.91 bits per heavy atom. The standard InChI is InChI=1S/C16H20N2O4S/c1-3-12(2)18-16(19)13-6-8-15(9-7-13)23(20,21)17-11-14-5-4-10-22-14/h4-10,12,17H,3,11H2,1-2H3,(H,18,19). The van der Waals surface area contributed by atoms with E-state index in [1.807, 2.05) is 13.8 Å². The molecule has 1 heterocycles. The molecule has 2 N–H and O–H groups in total. The van der Waals surface area contributed by atoms with Crippen molar-refractivity contribution in [2.75, 3.05) is 0 Å². The van der Waals surface area contributed by atoms with E-state index in [1.165, 1.54) is 30.5 Å². The molecule has 0 fully saturated rings. The lowest BCUT2D eigenvalue weighted by atomic mass is 10.2. The zero-order chi connectivity index (χ0) is 16.9. The van der Waals surface area contributed by atoms with Gasteiger partial charge in [0.05, 0.1) is 17.7 Å². The largest absolute Gasteiger partial charge is 0.468 e. The highest BCUT2D eigenvalue weighted by molar-refractivity contribution is 7.89. The van der Waals surface area contributed by atoms with Crippen LogP contribution in [0, 0.1) is 0 Å². The molecule has 1 unspecified atom stereocenters. The van der Waals surface area contributed by atoms with Crippen LogP contribution in [0.2, 0.25) is 0 Å². The van der Waals surface area contributed by atoms with Gasteiger partial charge in [0, 0.05) is 11.6 Å². The van der Waals surface area contributed by atoms with Gasteiger partial charge < -0.3 is 9.73 Å². The second-order valence-corrected chi connectivity index (χ2v) is 6.98. The number of nitrogens with one attached hydrogen (secondary N) is 2. The zero-order valence-corrected chi connectivity index (χ0v) is 13.9. The van der Waals surface area contributed by atoms with E-state index in [1.54, 1.807) is 12.1 Å². The molecule has 6 nitrogen and oxygen atoms in total. The van der Waals surface area contributed by atoms with Gasteiger partial charge in [-0.2, -0.15) is 0 Å². The molecule has 1 amide bonds. The molecule has 7 heteroatoms. The van der Waals surface area contributed by atoms with Crippen LogP contribution in [0.1, 0.15) is 36.4 Å². The van der Waals surface area contributed by atoms with Gasteiger partial charge in [-0.05, 0) is 49.7 Å². The maximum Gasteiger partial charge on any atom is 0.251 e. The highest BCUT2D eigenvalue weighted by Crippen LogP contribution is 2.12. The van der Waals surface area contributed by atoms with Gasteiger partial charge in [-0.1, -0.05) is 6.92 Å². The number of hydrogen-bond acceptors (Lipinski definition) is 4. The normalized spacial score (nSPS) is 12.8. The van der Waals surface area contributed by atoms with Gasteiger partial charge in [0.25, 0.3) is 5.91 Å². The number of furan rings is 1. The average Bonchev–Trinajstić information content (AvgIpc) is 3.06. The third kappa shape index (κ3) is 4.67. The van der Waals surface area contributed by atoms with Crippen molar-refractivity contribution in [2.45, 2.75) is 37.8 Å². The summed E-state index contributed by atoms with van der Waals surface area (Å²) in [4.78, 5) is 12.1. The van der Waals surface area contributed by atoms with Crippen LogP contribution in [0.3, 0.4) is 0 Å². The third-order valence-electron chi connectivity index (χ3n) is 3.43. The van der Waals surface area contributed by atoms with Crippen molar-refractivity contribution in [3.05, 3.63) is 54.0 Å². The van der Waals surface area contributed by atoms with Crippen molar-refractivity contribution in [1.82, 2.24) is 10.0 Å². The van der Waals surface area contributed by atoms with Gasteiger partial charge in [0.15, 0.2) is 0 Å². The lowest BCUT2D eigenvalue weighted by Crippen LogP contribution is -2.31. The Morgan fingerprint density at radius 1 is 1.22 bits per heavy atom. The summed E-state index contributed by atoms with van der Waals surface area (Å²) in [5.41, 5.74) is 0.426. The van der Waals surface area contributed by atoms with Crippen LogP contribution in [0.15, 0.2) is 52.0 Å². The molecule has 0 aliphatic carbocycles. The maximum absolute atomic E-state index is 12.2. The van der Waals surface area contributed by atoms with Crippen molar-refractivity contribution in [2.24, 2.45) is 0 Å². The van der Waals surface area contributed by atoms with Crippen molar-refractivity contribution in [3.63, 3.8) is 0 Å². The first kappa shape index (κ1) is 17.2. The van der Waals surface area contributed by atoms with Crippen LogP contribution in [0.25, 0.3) is 0 Å². The number of benzene rings is 1. The summed E-state index contributed by atoms with van der Waals surface area (Å²) in [5.74, 6) is 0.310. The molecule has 0 radical (unpaired) electrons. The number of carbonyl (C=O) groups excluding carboxylic acids is 1. The van der Waals surface area contributed by atoms with Crippen LogP contribution in [-0.2, 0) is 16.6 Å². The van der Waals surface area contributed by atoms with E-state index in [9.17, 15) is 13.2 Å². The van der Waals surface area contributed by atoms with Crippen LogP contribution >= 0.6 is 0 Å². The van der Waals surface area contributed by atoms with Crippen LogP contribution in [0.5, 0.6) is 0 Å². The second-order valence-electron chi connectivity index (χ2n) is 5.21. The zero-order valence-electron chi connectivity index (χ0n) is 13.1. The van der Waals surface area contributed by atoms with Crippen molar-refractivity contribution < 1.29 is 17.6 Å². The number of sulfonamides is 1. The third-order valence-corrected chi connectivity index (χ3v) is 4.85. The minimum absolute atomic E-state index is 0.0703. The SMILES string of the molecule is CCC(C)NC(=O)c1ccc(S(=O)(=O)NCc2ccco2)cc1. The molecule has 23 heavy (non-hydrogen) atoms. The Labute approximate surface area is 135 Å². The molecule has 0 bridgehead atoms. The quantitative estimate of drug-likeness (QED) is 0.812. The molecule has 1 aromatic carbocycles. The number of hydrogen-bond donors (Lipinski definition) is 2. The Bertz CT molecular complexity index is 737. The van der Waals surface area contributed by atoms with E-state index in [2.05, 4.69) is 10.0 Å². The molecule has 2 aromatic rings. The fourth-order valence-electron chi connectivity index (χ4n) is 1.86. The van der Waals surface area contributed by atoms with E-state index in [0.29, 0.717) is 11.3 Å². The molecule has 1 atom stereocenters. The second kappa shape index (κ2) is 7.43. The number of rotatable bonds is 7. The average molecular weight is 336 g/mol. The first-order valence-electron chi connectivity index (χ1n) is 7.35. The van der Waals surface area contributed by atoms with Crippen molar-refractivity contribution in [1.29, 1.82) is 0 Å². The molecule has 2 rings (SSSR count). The fourth-order valence-corrected chi connectivity index (χ4v) is 2.85. The summed E-state index contributed by atoms with van der Waals surface area (Å²) in [7, 11) is -3.65. The monoisotopic (exact) mass is 336 g/mol. The van der Waals surface area contributed by atoms with E-state index < -0.39 is 10.0 Å². The maximum atomic E-state index is 12.2. The topological polar surface area (TPSA) is 88.4 Å². The van der Waals surface area contributed by atoms with E-state index >= 15 is 0 Å². The summed E-state index contributed by atoms with van der Waals surface area (Å²) in [6.45, 7) is 3.96. The lowest BCUT2D eigenvalue weighted by Gasteiger charge is -2.11. The highest BCUT2D eigenvalue weighted by Gasteiger charge is 2.15. The Kier molecular flexibility index (Phi) is 5.57. The van der Waals surface area contributed by atoms with E-state index in [4.69, 9.17) is 4.42 Å². The summed E-state index contributed by atoms with van der Waals surface area (Å²) in [5, 5.41) is 2.83. The predicted octanol–water partition coefficient (Wildman–Crippen LogP) is 2.29. The molecule has 0 spiro atoms. The number of carbonyl (C=O) groups is 1. The van der Waals surface area contributed by atoms with Gasteiger partial charge in [-0.15, -0.1) is 0 Å². The first-order chi connectivity index (χ1) is 10.9. The van der Waals surface area contributed by atoms with Gasteiger partial charge >= 0.3 is 0 Å². The predicted molar refractivity (Wildman–Crippen MR) is 86.4 cm³/mol. The van der Waals surface area contributed by atoms with E-state index in [-0.39, 0.29) is 23.4 Å². The van der Waals surface area contributed by atoms with Crippen molar-refractivity contribution in [3.8, 4) is 0 Å². The van der Waals surface area contributed by atoms with Gasteiger partial charge in [-0.25, -0.2) is 13.1 Å². The summed E-state index contributed by atoms with van der Waals surface area (Å²) in [6.07, 6.45) is 2.31. The van der Waals surface area contributed by atoms with Crippen LogP contribution in [0.4, 0.5) is 0 Å². The minimum Gasteiger partial charge on any atom is -0.468 e. The molecule has 0 aliphatic heterocycles. The van der Waals surface area contributed by atoms with Crippen LogP contribution < -0.4 is 10.0 Å². The summed E-state index contributed by atoms with van der Waals surface area (Å²) >= 11 is 0. The van der Waals surface area contributed by atoms with Gasteiger partial charge in [0.2, 0.25) is 10.0 Å². The molecule has 124 valence electrons. The molecule has 0 aliphatic rings. The van der Waals surface area contributed by atoms with Crippen molar-refractivity contribution >= 4 is 15.9 Å². The molecular formula is C16H20N2O4S. The minimum atomic E-state index is -3.65.